The molecule has 4 nitrogen and oxygen atoms in total. The van der Waals surface area contributed by atoms with Crippen LogP contribution in [-0.4, -0.2) is 29.9 Å². The van der Waals surface area contributed by atoms with E-state index in [9.17, 15) is 4.79 Å². The summed E-state index contributed by atoms with van der Waals surface area (Å²) in [7, 11) is 1.51. The summed E-state index contributed by atoms with van der Waals surface area (Å²) < 4.78 is 5.07. The average Bonchev–Trinajstić information content (AvgIpc) is 2.38. The standard InChI is InChI=1S/C12H17ClN2O2/c1-3-9(13)4-7-15-12(16)10-5-6-14-8-11(10)17-2/h5-6,8-9H,3-4,7H2,1-2H3,(H,15,16). The monoisotopic (exact) mass is 256 g/mol. The van der Waals surface area contributed by atoms with Gasteiger partial charge in [-0.05, 0) is 18.9 Å². The molecular formula is C12H17ClN2O2. The minimum atomic E-state index is -0.163. The van der Waals surface area contributed by atoms with Crippen molar-refractivity contribution < 1.29 is 9.53 Å². The lowest BCUT2D eigenvalue weighted by Gasteiger charge is -2.10. The number of methoxy groups -OCH3 is 1. The van der Waals surface area contributed by atoms with E-state index in [0.717, 1.165) is 12.8 Å². The first-order chi connectivity index (χ1) is 8.19. The molecule has 1 aromatic heterocycles. The van der Waals surface area contributed by atoms with E-state index >= 15 is 0 Å². The Morgan fingerprint density at radius 1 is 1.65 bits per heavy atom. The molecule has 0 bridgehead atoms. The number of hydrogen-bond acceptors (Lipinski definition) is 3. The fourth-order valence-corrected chi connectivity index (χ4v) is 1.48. The number of rotatable bonds is 6. The largest absolute Gasteiger partial charge is 0.494 e. The molecule has 1 atom stereocenters. The summed E-state index contributed by atoms with van der Waals surface area (Å²) in [5.74, 6) is 0.312. The van der Waals surface area contributed by atoms with Crippen LogP contribution in [0.1, 0.15) is 30.1 Å². The SMILES string of the molecule is CCC(Cl)CCNC(=O)c1ccncc1OC. The summed E-state index contributed by atoms with van der Waals surface area (Å²) in [5, 5.41) is 2.91. The lowest BCUT2D eigenvalue weighted by molar-refractivity contribution is 0.0950. The van der Waals surface area contributed by atoms with Gasteiger partial charge in [-0.25, -0.2) is 0 Å². The van der Waals surface area contributed by atoms with Crippen molar-refractivity contribution in [3.8, 4) is 5.75 Å². The molecule has 1 aromatic rings. The summed E-state index contributed by atoms with van der Waals surface area (Å²) in [5.41, 5.74) is 0.491. The number of carbonyl (C=O) groups is 1. The highest BCUT2D eigenvalue weighted by molar-refractivity contribution is 6.20. The van der Waals surface area contributed by atoms with Gasteiger partial charge in [0.25, 0.3) is 5.91 Å². The van der Waals surface area contributed by atoms with E-state index in [-0.39, 0.29) is 11.3 Å². The number of halogens is 1. The molecule has 0 aliphatic carbocycles. The molecule has 0 aliphatic rings. The van der Waals surface area contributed by atoms with Gasteiger partial charge in [0.2, 0.25) is 0 Å². The maximum absolute atomic E-state index is 11.8. The van der Waals surface area contributed by atoms with E-state index < -0.39 is 0 Å². The number of nitrogens with zero attached hydrogens (tertiary/aromatic N) is 1. The molecule has 0 fully saturated rings. The van der Waals surface area contributed by atoms with Gasteiger partial charge in [0.05, 0.1) is 18.9 Å². The second kappa shape index (κ2) is 7.12. The molecule has 1 amide bonds. The van der Waals surface area contributed by atoms with Gasteiger partial charge in [0.15, 0.2) is 0 Å². The Balaban J connectivity index is 2.52. The quantitative estimate of drug-likeness (QED) is 0.794. The van der Waals surface area contributed by atoms with Crippen LogP contribution in [0, 0.1) is 0 Å². The fraction of sp³-hybridized carbons (Fsp3) is 0.500. The molecule has 1 unspecified atom stereocenters. The second-order valence-corrected chi connectivity index (χ2v) is 4.24. The molecule has 1 heterocycles. The Hall–Kier alpha value is -1.29. The summed E-state index contributed by atoms with van der Waals surface area (Å²) in [6, 6.07) is 1.63. The highest BCUT2D eigenvalue weighted by Gasteiger charge is 2.11. The maximum atomic E-state index is 11.8. The van der Waals surface area contributed by atoms with E-state index in [1.54, 1.807) is 12.3 Å². The van der Waals surface area contributed by atoms with Crippen LogP contribution in [0.3, 0.4) is 0 Å². The summed E-state index contributed by atoms with van der Waals surface area (Å²) >= 11 is 5.97. The first-order valence-corrected chi connectivity index (χ1v) is 6.03. The van der Waals surface area contributed by atoms with Crippen LogP contribution in [0.5, 0.6) is 5.75 Å². The number of ether oxygens (including phenoxy) is 1. The minimum absolute atomic E-state index is 0.106. The van der Waals surface area contributed by atoms with Crippen LogP contribution in [0.4, 0.5) is 0 Å². The van der Waals surface area contributed by atoms with Gasteiger partial charge in [-0.15, -0.1) is 11.6 Å². The Bertz CT molecular complexity index is 371. The molecule has 17 heavy (non-hydrogen) atoms. The lowest BCUT2D eigenvalue weighted by atomic mass is 10.2. The summed E-state index contributed by atoms with van der Waals surface area (Å²) in [6.07, 6.45) is 4.74. The van der Waals surface area contributed by atoms with Gasteiger partial charge in [0, 0.05) is 18.1 Å². The number of nitrogens with one attached hydrogen (secondary N) is 1. The van der Waals surface area contributed by atoms with Crippen molar-refractivity contribution in [2.75, 3.05) is 13.7 Å². The fourth-order valence-electron chi connectivity index (χ4n) is 1.37. The molecule has 0 spiro atoms. The van der Waals surface area contributed by atoms with Crippen LogP contribution in [0.25, 0.3) is 0 Å². The van der Waals surface area contributed by atoms with Gasteiger partial charge in [-0.1, -0.05) is 6.92 Å². The highest BCUT2D eigenvalue weighted by Crippen LogP contribution is 2.15. The van der Waals surface area contributed by atoms with Crippen molar-refractivity contribution >= 4 is 17.5 Å². The Morgan fingerprint density at radius 3 is 3.06 bits per heavy atom. The molecule has 1 N–H and O–H groups in total. The van der Waals surface area contributed by atoms with E-state index in [4.69, 9.17) is 16.3 Å². The lowest BCUT2D eigenvalue weighted by Crippen LogP contribution is -2.26. The van der Waals surface area contributed by atoms with Crippen molar-refractivity contribution in [1.82, 2.24) is 10.3 Å². The van der Waals surface area contributed by atoms with Crippen LogP contribution in [-0.2, 0) is 0 Å². The molecule has 94 valence electrons. The smallest absolute Gasteiger partial charge is 0.255 e. The first-order valence-electron chi connectivity index (χ1n) is 5.59. The number of amides is 1. The average molecular weight is 257 g/mol. The predicted molar refractivity (Wildman–Crippen MR) is 67.7 cm³/mol. The number of hydrogen-bond donors (Lipinski definition) is 1. The third-order valence-corrected chi connectivity index (χ3v) is 2.96. The first kappa shape index (κ1) is 13.8. The van der Waals surface area contributed by atoms with Crippen molar-refractivity contribution in [3.05, 3.63) is 24.0 Å². The number of aromatic nitrogens is 1. The van der Waals surface area contributed by atoms with Crippen LogP contribution >= 0.6 is 11.6 Å². The molecular weight excluding hydrogens is 240 g/mol. The van der Waals surface area contributed by atoms with Crippen molar-refractivity contribution in [1.29, 1.82) is 0 Å². The third kappa shape index (κ3) is 4.23. The molecule has 1 rings (SSSR count). The molecule has 5 heteroatoms. The topological polar surface area (TPSA) is 51.2 Å². The molecule has 0 aromatic carbocycles. The van der Waals surface area contributed by atoms with Gasteiger partial charge in [0.1, 0.15) is 5.75 Å². The van der Waals surface area contributed by atoms with Crippen LogP contribution < -0.4 is 10.1 Å². The van der Waals surface area contributed by atoms with Gasteiger partial charge >= 0.3 is 0 Å². The zero-order valence-corrected chi connectivity index (χ0v) is 10.8. The molecule has 0 saturated heterocycles. The molecule has 0 saturated carbocycles. The zero-order valence-electron chi connectivity index (χ0n) is 10.1. The highest BCUT2D eigenvalue weighted by atomic mass is 35.5. The third-order valence-electron chi connectivity index (χ3n) is 2.44. The summed E-state index contributed by atoms with van der Waals surface area (Å²) in [4.78, 5) is 15.7. The normalized spacial score (nSPS) is 11.9. The Morgan fingerprint density at radius 2 is 2.41 bits per heavy atom. The zero-order chi connectivity index (χ0) is 12.7. The number of alkyl halides is 1. The van der Waals surface area contributed by atoms with E-state index in [0.29, 0.717) is 17.9 Å². The Kier molecular flexibility index (Phi) is 5.77. The minimum Gasteiger partial charge on any atom is -0.494 e. The molecule has 0 radical (unpaired) electrons. The van der Waals surface area contributed by atoms with Crippen molar-refractivity contribution in [2.24, 2.45) is 0 Å². The number of carbonyl (C=O) groups excluding carboxylic acids is 1. The van der Waals surface area contributed by atoms with Crippen molar-refractivity contribution in [3.63, 3.8) is 0 Å². The summed E-state index contributed by atoms with van der Waals surface area (Å²) in [6.45, 7) is 2.58. The second-order valence-electron chi connectivity index (χ2n) is 3.63. The molecule has 0 aliphatic heterocycles. The van der Waals surface area contributed by atoms with E-state index in [2.05, 4.69) is 10.3 Å². The van der Waals surface area contributed by atoms with Gasteiger partial charge in [-0.2, -0.15) is 0 Å². The van der Waals surface area contributed by atoms with Crippen LogP contribution in [0.15, 0.2) is 18.5 Å². The predicted octanol–water partition coefficient (Wildman–Crippen LogP) is 2.23. The Labute approximate surface area is 106 Å². The maximum Gasteiger partial charge on any atom is 0.255 e. The van der Waals surface area contributed by atoms with E-state index in [1.165, 1.54) is 13.3 Å². The van der Waals surface area contributed by atoms with Crippen molar-refractivity contribution in [2.45, 2.75) is 25.1 Å². The number of pyridine rings is 1. The van der Waals surface area contributed by atoms with Gasteiger partial charge < -0.3 is 10.1 Å². The van der Waals surface area contributed by atoms with E-state index in [1.807, 2.05) is 6.92 Å². The van der Waals surface area contributed by atoms with Crippen LogP contribution in [0.2, 0.25) is 0 Å². The van der Waals surface area contributed by atoms with Gasteiger partial charge in [-0.3, -0.25) is 9.78 Å².